The van der Waals surface area contributed by atoms with E-state index < -0.39 is 0 Å². The first-order valence-electron chi connectivity index (χ1n) is 7.03. The van der Waals surface area contributed by atoms with E-state index in [1.165, 1.54) is 26.0 Å². The molecule has 0 saturated carbocycles. The van der Waals surface area contributed by atoms with E-state index in [-0.39, 0.29) is 24.4 Å². The average Bonchev–Trinajstić information content (AvgIpc) is 3.07. The molecule has 2 aromatic heterocycles. The molecule has 0 spiro atoms. The van der Waals surface area contributed by atoms with E-state index in [0.717, 1.165) is 5.56 Å². The number of amides is 2. The number of nitrogens with zero attached hydrogens (tertiary/aromatic N) is 1. The zero-order chi connectivity index (χ0) is 16.3. The van der Waals surface area contributed by atoms with Gasteiger partial charge in [-0.2, -0.15) is 0 Å². The third-order valence-electron chi connectivity index (χ3n) is 3.38. The smallest absolute Gasteiger partial charge is 0.264 e. The van der Waals surface area contributed by atoms with Crippen molar-refractivity contribution in [3.05, 3.63) is 43.8 Å². The lowest BCUT2D eigenvalue weighted by Crippen LogP contribution is -2.39. The molecule has 22 heavy (non-hydrogen) atoms. The van der Waals surface area contributed by atoms with Gasteiger partial charge in [-0.25, -0.2) is 0 Å². The number of rotatable bonds is 5. The molecule has 0 radical (unpaired) electrons. The van der Waals surface area contributed by atoms with E-state index in [1.54, 1.807) is 24.5 Å². The van der Waals surface area contributed by atoms with Gasteiger partial charge in [0.05, 0.1) is 17.5 Å². The molecule has 4 nitrogen and oxygen atoms in total. The van der Waals surface area contributed by atoms with E-state index in [2.05, 4.69) is 25.2 Å². The second-order valence-corrected chi connectivity index (χ2v) is 7.70. The molecule has 0 bridgehead atoms. The van der Waals surface area contributed by atoms with Crippen molar-refractivity contribution in [1.29, 1.82) is 0 Å². The molecule has 0 saturated heterocycles. The Balaban J connectivity index is 1.92. The maximum absolute atomic E-state index is 12.1. The van der Waals surface area contributed by atoms with Crippen molar-refractivity contribution in [1.82, 2.24) is 10.2 Å². The maximum Gasteiger partial charge on any atom is 0.264 e. The number of likely N-dealkylation sites (N-methyl/N-ethyl adjacent to an activating group) is 1. The highest BCUT2D eigenvalue weighted by atomic mass is 32.1. The molecule has 1 unspecified atom stereocenters. The molecule has 6 heteroatoms. The Kier molecular flexibility index (Phi) is 5.37. The Morgan fingerprint density at radius 3 is 2.64 bits per heavy atom. The molecular weight excluding hydrogens is 316 g/mol. The minimum Gasteiger partial charge on any atom is -0.348 e. The normalized spacial score (nSPS) is 12.0. The molecule has 2 amide bonds. The lowest BCUT2D eigenvalue weighted by molar-refractivity contribution is -0.122. The van der Waals surface area contributed by atoms with Crippen LogP contribution in [0.5, 0.6) is 0 Å². The van der Waals surface area contributed by atoms with Crippen LogP contribution in [0.1, 0.15) is 38.0 Å². The van der Waals surface area contributed by atoms with Crippen LogP contribution in [0.15, 0.2) is 23.6 Å². The van der Waals surface area contributed by atoms with Crippen molar-refractivity contribution in [3.8, 4) is 0 Å². The van der Waals surface area contributed by atoms with Gasteiger partial charge in [-0.3, -0.25) is 9.59 Å². The summed E-state index contributed by atoms with van der Waals surface area (Å²) in [5.74, 6) is -0.275. The number of carbonyl (C=O) groups excluding carboxylic acids is 2. The lowest BCUT2D eigenvalue weighted by atomic mass is 10.1. The topological polar surface area (TPSA) is 49.4 Å². The number of aryl methyl sites for hydroxylation is 2. The fraction of sp³-hybridized carbons (Fsp3) is 0.375. The van der Waals surface area contributed by atoms with E-state index in [4.69, 9.17) is 0 Å². The second kappa shape index (κ2) is 7.07. The van der Waals surface area contributed by atoms with Crippen LogP contribution in [0, 0.1) is 13.8 Å². The zero-order valence-electron chi connectivity index (χ0n) is 13.2. The van der Waals surface area contributed by atoms with Gasteiger partial charge < -0.3 is 10.2 Å². The fourth-order valence-corrected chi connectivity index (χ4v) is 4.06. The summed E-state index contributed by atoms with van der Waals surface area (Å²) in [4.78, 5) is 28.8. The maximum atomic E-state index is 12.1. The molecule has 2 rings (SSSR count). The van der Waals surface area contributed by atoms with Gasteiger partial charge >= 0.3 is 0 Å². The molecule has 0 aliphatic carbocycles. The number of hydrogen-bond acceptors (Lipinski definition) is 4. The highest BCUT2D eigenvalue weighted by Crippen LogP contribution is 2.26. The van der Waals surface area contributed by atoms with E-state index >= 15 is 0 Å². The van der Waals surface area contributed by atoms with Gasteiger partial charge in [0.15, 0.2) is 0 Å². The summed E-state index contributed by atoms with van der Waals surface area (Å²) in [5, 5.41) is 4.81. The molecule has 1 N–H and O–H groups in total. The van der Waals surface area contributed by atoms with Gasteiger partial charge in [0.1, 0.15) is 0 Å². The minimum atomic E-state index is -0.150. The zero-order valence-corrected chi connectivity index (χ0v) is 14.8. The first-order chi connectivity index (χ1) is 10.4. The van der Waals surface area contributed by atoms with Gasteiger partial charge in [-0.05, 0) is 43.8 Å². The quantitative estimate of drug-likeness (QED) is 0.910. The standard InChI is InChI=1S/C16H20N2O2S2/c1-10-8-13(12(3)22-10)11(2)17-15(19)9-18(4)16(20)14-6-5-7-21-14/h5-8,11H,9H2,1-4H3,(H,17,19). The number of thiophene rings is 2. The summed E-state index contributed by atoms with van der Waals surface area (Å²) in [6.07, 6.45) is 0. The van der Waals surface area contributed by atoms with Gasteiger partial charge in [0, 0.05) is 16.8 Å². The van der Waals surface area contributed by atoms with E-state index in [1.807, 2.05) is 18.4 Å². The van der Waals surface area contributed by atoms with Crippen LogP contribution in [0.2, 0.25) is 0 Å². The van der Waals surface area contributed by atoms with Crippen molar-refractivity contribution >= 4 is 34.5 Å². The Morgan fingerprint density at radius 2 is 2.09 bits per heavy atom. The second-order valence-electron chi connectivity index (χ2n) is 5.30. The monoisotopic (exact) mass is 336 g/mol. The van der Waals surface area contributed by atoms with Gasteiger partial charge in [0.25, 0.3) is 5.91 Å². The molecule has 0 fully saturated rings. The van der Waals surface area contributed by atoms with Crippen LogP contribution < -0.4 is 5.32 Å². The van der Waals surface area contributed by atoms with Crippen molar-refractivity contribution in [2.45, 2.75) is 26.8 Å². The van der Waals surface area contributed by atoms with Crippen molar-refractivity contribution in [3.63, 3.8) is 0 Å². The Hall–Kier alpha value is -1.66. The van der Waals surface area contributed by atoms with Crippen molar-refractivity contribution in [2.24, 2.45) is 0 Å². The summed E-state index contributed by atoms with van der Waals surface area (Å²) < 4.78 is 0. The number of nitrogens with one attached hydrogen (secondary N) is 1. The molecule has 1 atom stereocenters. The highest BCUT2D eigenvalue weighted by Gasteiger charge is 2.18. The van der Waals surface area contributed by atoms with Crippen LogP contribution in [-0.2, 0) is 4.79 Å². The molecule has 118 valence electrons. The van der Waals surface area contributed by atoms with Crippen LogP contribution in [0.25, 0.3) is 0 Å². The Bertz CT molecular complexity index is 662. The van der Waals surface area contributed by atoms with E-state index in [9.17, 15) is 9.59 Å². The first-order valence-corrected chi connectivity index (χ1v) is 8.73. The summed E-state index contributed by atoms with van der Waals surface area (Å²) in [6.45, 7) is 6.14. The third kappa shape index (κ3) is 3.96. The van der Waals surface area contributed by atoms with Crippen LogP contribution in [-0.4, -0.2) is 30.3 Å². The van der Waals surface area contributed by atoms with E-state index in [0.29, 0.717) is 4.88 Å². The SMILES string of the molecule is Cc1cc(C(C)NC(=O)CN(C)C(=O)c2cccs2)c(C)s1. The first kappa shape index (κ1) is 16.7. The summed E-state index contributed by atoms with van der Waals surface area (Å²) in [7, 11) is 1.65. The predicted octanol–water partition coefficient (Wildman–Crippen LogP) is 3.38. The molecule has 0 aromatic carbocycles. The van der Waals surface area contributed by atoms with Crippen LogP contribution in [0.3, 0.4) is 0 Å². The third-order valence-corrected chi connectivity index (χ3v) is 5.22. The average molecular weight is 336 g/mol. The predicted molar refractivity (Wildman–Crippen MR) is 91.6 cm³/mol. The van der Waals surface area contributed by atoms with Crippen molar-refractivity contribution < 1.29 is 9.59 Å². The number of carbonyl (C=O) groups is 2. The molecule has 0 aliphatic rings. The molecule has 0 aliphatic heterocycles. The fourth-order valence-electron chi connectivity index (χ4n) is 2.32. The Labute approximate surface area is 138 Å². The molecule has 2 aromatic rings. The van der Waals surface area contributed by atoms with Crippen molar-refractivity contribution in [2.75, 3.05) is 13.6 Å². The van der Waals surface area contributed by atoms with Gasteiger partial charge in [0.2, 0.25) is 5.91 Å². The molecular formula is C16H20N2O2S2. The van der Waals surface area contributed by atoms with Crippen LogP contribution in [0.4, 0.5) is 0 Å². The number of hydrogen-bond donors (Lipinski definition) is 1. The summed E-state index contributed by atoms with van der Waals surface area (Å²) in [6, 6.07) is 5.64. The summed E-state index contributed by atoms with van der Waals surface area (Å²) >= 11 is 3.11. The van der Waals surface area contributed by atoms with Gasteiger partial charge in [-0.15, -0.1) is 22.7 Å². The highest BCUT2D eigenvalue weighted by molar-refractivity contribution is 7.12. The minimum absolute atomic E-state index is 0.0531. The Morgan fingerprint density at radius 1 is 1.36 bits per heavy atom. The molecule has 2 heterocycles. The largest absolute Gasteiger partial charge is 0.348 e. The van der Waals surface area contributed by atoms with Crippen LogP contribution >= 0.6 is 22.7 Å². The summed E-state index contributed by atoms with van der Waals surface area (Å²) in [5.41, 5.74) is 1.14. The van der Waals surface area contributed by atoms with Gasteiger partial charge in [-0.1, -0.05) is 6.07 Å². The lowest BCUT2D eigenvalue weighted by Gasteiger charge is -2.19.